The molecule has 0 spiro atoms. The van der Waals surface area contributed by atoms with Crippen LogP contribution in [0.1, 0.15) is 12.0 Å². The third-order valence-corrected chi connectivity index (χ3v) is 6.18. The number of aromatic nitrogens is 1. The summed E-state index contributed by atoms with van der Waals surface area (Å²) in [5.41, 5.74) is 6.53. The smallest absolute Gasteiger partial charge is 0.323 e. The summed E-state index contributed by atoms with van der Waals surface area (Å²) < 4.78 is 15.4. The third-order valence-electron chi connectivity index (χ3n) is 5.89. The molecule has 2 aromatic carbocycles. The number of para-hydroxylation sites is 1. The Labute approximate surface area is 199 Å². The van der Waals surface area contributed by atoms with Gasteiger partial charge < -0.3 is 26.4 Å². The second-order valence-electron chi connectivity index (χ2n) is 8.08. The summed E-state index contributed by atoms with van der Waals surface area (Å²) in [5.74, 6) is -1.40. The number of fused-ring (bicyclic) bond motifs is 1. The number of nitrogens with two attached hydrogens (primary N) is 1. The minimum atomic E-state index is -0.871. The van der Waals surface area contributed by atoms with Gasteiger partial charge in [0.1, 0.15) is 11.9 Å². The molecule has 4 amide bonds. The van der Waals surface area contributed by atoms with Gasteiger partial charge in [0, 0.05) is 42.8 Å². The van der Waals surface area contributed by atoms with Crippen LogP contribution < -0.4 is 16.4 Å². The number of carbonyl (C=O) groups excluding carboxylic acids is 3. The second kappa shape index (κ2) is 9.70. The number of nitrogens with one attached hydrogen (secondary N) is 2. The van der Waals surface area contributed by atoms with Crippen LogP contribution in [0.5, 0.6) is 0 Å². The van der Waals surface area contributed by atoms with Crippen molar-refractivity contribution in [2.75, 3.05) is 18.5 Å². The summed E-state index contributed by atoms with van der Waals surface area (Å²) in [6.07, 6.45) is 1.67. The molecule has 9 nitrogen and oxygen atoms in total. The maximum atomic E-state index is 14.2. The number of benzene rings is 2. The fourth-order valence-electron chi connectivity index (χ4n) is 4.16. The van der Waals surface area contributed by atoms with Gasteiger partial charge in [0.25, 0.3) is 0 Å². The molecule has 178 valence electrons. The molecule has 0 unspecified atom stereocenters. The van der Waals surface area contributed by atoms with Crippen LogP contribution in [0.25, 0.3) is 10.9 Å². The Bertz CT molecular complexity index is 1260. The fraction of sp³-hybridized carbons (Fsp3) is 0.261. The van der Waals surface area contributed by atoms with Crippen molar-refractivity contribution in [2.24, 2.45) is 11.7 Å². The van der Waals surface area contributed by atoms with E-state index >= 15 is 0 Å². The Morgan fingerprint density at radius 3 is 2.68 bits per heavy atom. The monoisotopic (exact) mass is 487 g/mol. The van der Waals surface area contributed by atoms with E-state index in [0.29, 0.717) is 16.6 Å². The summed E-state index contributed by atoms with van der Waals surface area (Å²) in [5, 5.41) is 15.6. The molecule has 0 saturated carbocycles. The molecular weight excluding hydrogens is 465 g/mol. The van der Waals surface area contributed by atoms with Gasteiger partial charge in [0.15, 0.2) is 0 Å². The molecule has 3 aromatic rings. The summed E-state index contributed by atoms with van der Waals surface area (Å²) in [6.45, 7) is -0.148. The maximum Gasteiger partial charge on any atom is 0.323 e. The van der Waals surface area contributed by atoms with E-state index in [1.54, 1.807) is 30.3 Å². The molecule has 2 heterocycles. The van der Waals surface area contributed by atoms with Crippen LogP contribution in [0, 0.1) is 11.7 Å². The van der Waals surface area contributed by atoms with Crippen molar-refractivity contribution < 1.29 is 23.9 Å². The van der Waals surface area contributed by atoms with E-state index in [2.05, 4.69) is 10.6 Å². The molecule has 2 atom stereocenters. The molecule has 1 fully saturated rings. The number of amides is 4. The van der Waals surface area contributed by atoms with Crippen LogP contribution >= 0.6 is 11.6 Å². The number of anilines is 1. The van der Waals surface area contributed by atoms with E-state index in [9.17, 15) is 23.9 Å². The predicted molar refractivity (Wildman–Crippen MR) is 125 cm³/mol. The number of nitrogens with zero attached hydrogens (tertiary/aromatic N) is 2. The maximum absolute atomic E-state index is 14.2. The molecule has 0 bridgehead atoms. The van der Waals surface area contributed by atoms with Gasteiger partial charge in [-0.05, 0) is 18.6 Å². The number of primary amides is 1. The summed E-state index contributed by atoms with van der Waals surface area (Å²) in [4.78, 5) is 39.1. The number of aliphatic hydroxyl groups excluding tert-OH is 1. The topological polar surface area (TPSA) is 130 Å². The van der Waals surface area contributed by atoms with Crippen molar-refractivity contribution in [3.05, 3.63) is 65.1 Å². The summed E-state index contributed by atoms with van der Waals surface area (Å²) >= 11 is 5.79. The zero-order chi connectivity index (χ0) is 24.4. The predicted octanol–water partition coefficient (Wildman–Crippen LogP) is 2.89. The lowest BCUT2D eigenvalue weighted by Crippen LogP contribution is -2.47. The average Bonchev–Trinajstić information content (AvgIpc) is 3.42. The first kappa shape index (κ1) is 23.5. The lowest BCUT2D eigenvalue weighted by atomic mass is 10.1. The van der Waals surface area contributed by atoms with Crippen LogP contribution in [-0.4, -0.2) is 51.7 Å². The number of hydrogen-bond acceptors (Lipinski definition) is 4. The first-order chi connectivity index (χ1) is 16.3. The van der Waals surface area contributed by atoms with Gasteiger partial charge in [-0.3, -0.25) is 9.36 Å². The van der Waals surface area contributed by atoms with Crippen molar-refractivity contribution in [1.29, 1.82) is 0 Å². The molecular formula is C23H23ClFN5O4. The highest BCUT2D eigenvalue weighted by molar-refractivity contribution is 6.30. The van der Waals surface area contributed by atoms with Crippen LogP contribution in [0.3, 0.4) is 0 Å². The molecule has 1 aromatic heterocycles. The Kier molecular flexibility index (Phi) is 6.71. The minimum absolute atomic E-state index is 0.0518. The highest BCUT2D eigenvalue weighted by Crippen LogP contribution is 2.28. The Hall–Kier alpha value is -3.63. The molecule has 11 heteroatoms. The second-order valence-corrected chi connectivity index (χ2v) is 8.49. The quantitative estimate of drug-likeness (QED) is 0.441. The van der Waals surface area contributed by atoms with Crippen LogP contribution in [0.15, 0.2) is 48.7 Å². The fourth-order valence-corrected chi connectivity index (χ4v) is 4.36. The van der Waals surface area contributed by atoms with Gasteiger partial charge in [0.05, 0.1) is 16.2 Å². The van der Waals surface area contributed by atoms with Crippen molar-refractivity contribution in [1.82, 2.24) is 14.8 Å². The SMILES string of the molecule is NC(=O)n1cc(NC(=O)N2C[C@@H](CO)C[C@H]2C(=O)NCc2cccc(Cl)c2F)c2ccccc21. The van der Waals surface area contributed by atoms with Gasteiger partial charge in [-0.25, -0.2) is 14.0 Å². The van der Waals surface area contributed by atoms with Crippen molar-refractivity contribution >= 4 is 46.2 Å². The normalized spacial score (nSPS) is 17.7. The van der Waals surface area contributed by atoms with Crippen molar-refractivity contribution in [3.8, 4) is 0 Å². The number of hydrogen-bond donors (Lipinski definition) is 4. The van der Waals surface area contributed by atoms with Crippen LogP contribution in [0.2, 0.25) is 5.02 Å². The first-order valence-electron chi connectivity index (χ1n) is 10.6. The van der Waals surface area contributed by atoms with Gasteiger partial charge in [-0.1, -0.05) is 41.9 Å². The zero-order valence-electron chi connectivity index (χ0n) is 18.0. The molecule has 5 N–H and O–H groups in total. The van der Waals surface area contributed by atoms with E-state index < -0.39 is 29.8 Å². The van der Waals surface area contributed by atoms with Gasteiger partial charge in [-0.2, -0.15) is 0 Å². The largest absolute Gasteiger partial charge is 0.396 e. The number of aliphatic hydroxyl groups is 1. The van der Waals surface area contributed by atoms with Gasteiger partial charge >= 0.3 is 12.1 Å². The standard InChI is InChI=1S/C23H23ClFN5O4/c24-16-6-3-4-14(20(16)25)9-27-21(32)19-8-13(12-31)10-30(19)23(34)28-17-11-29(22(26)33)18-7-2-1-5-15(17)18/h1-7,11,13,19,31H,8-10,12H2,(H2,26,33)(H,27,32)(H,28,34)/t13-,19-/m0/s1. The Morgan fingerprint density at radius 2 is 1.94 bits per heavy atom. The summed E-state index contributed by atoms with van der Waals surface area (Å²) in [7, 11) is 0. The van der Waals surface area contributed by atoms with Crippen LogP contribution in [-0.2, 0) is 11.3 Å². The lowest BCUT2D eigenvalue weighted by molar-refractivity contribution is -0.124. The zero-order valence-corrected chi connectivity index (χ0v) is 18.8. The van der Waals surface area contributed by atoms with E-state index in [0.717, 1.165) is 0 Å². The van der Waals surface area contributed by atoms with Gasteiger partial charge in [-0.15, -0.1) is 0 Å². The lowest BCUT2D eigenvalue weighted by Gasteiger charge is -2.24. The molecule has 1 aliphatic rings. The van der Waals surface area contributed by atoms with Gasteiger partial charge in [0.2, 0.25) is 5.91 Å². The summed E-state index contributed by atoms with van der Waals surface area (Å²) in [6, 6.07) is 9.26. The number of halogens is 2. The van der Waals surface area contributed by atoms with E-state index in [1.165, 1.54) is 27.8 Å². The van der Waals surface area contributed by atoms with Crippen molar-refractivity contribution in [3.63, 3.8) is 0 Å². The molecule has 0 radical (unpaired) electrons. The molecule has 1 aliphatic heterocycles. The number of urea groups is 1. The highest BCUT2D eigenvalue weighted by Gasteiger charge is 2.39. The first-order valence-corrected chi connectivity index (χ1v) is 11.0. The molecule has 34 heavy (non-hydrogen) atoms. The molecule has 0 aliphatic carbocycles. The number of likely N-dealkylation sites (tertiary alicyclic amines) is 1. The molecule has 4 rings (SSSR count). The van der Waals surface area contributed by atoms with E-state index in [-0.39, 0.29) is 42.6 Å². The molecule has 1 saturated heterocycles. The average molecular weight is 488 g/mol. The minimum Gasteiger partial charge on any atom is -0.396 e. The number of carbonyl (C=O) groups is 3. The Morgan fingerprint density at radius 1 is 1.18 bits per heavy atom. The highest BCUT2D eigenvalue weighted by atomic mass is 35.5. The van der Waals surface area contributed by atoms with E-state index in [1.807, 2.05) is 0 Å². The number of rotatable bonds is 5. The van der Waals surface area contributed by atoms with Crippen molar-refractivity contribution in [2.45, 2.75) is 19.0 Å². The van der Waals surface area contributed by atoms with Crippen LogP contribution in [0.4, 0.5) is 19.7 Å². The Balaban J connectivity index is 1.52. The third kappa shape index (κ3) is 4.55. The van der Waals surface area contributed by atoms with E-state index in [4.69, 9.17) is 17.3 Å².